The Kier molecular flexibility index (Phi) is 3.28. The summed E-state index contributed by atoms with van der Waals surface area (Å²) in [4.78, 5) is 11.6. The Morgan fingerprint density at radius 3 is 2.71 bits per heavy atom. The van der Waals surface area contributed by atoms with Crippen molar-refractivity contribution >= 4 is 5.97 Å². The molecule has 0 aromatic carbocycles. The highest BCUT2D eigenvalue weighted by Gasteiger charge is 2.43. The van der Waals surface area contributed by atoms with Gasteiger partial charge >= 0.3 is 5.97 Å². The number of rotatable bonds is 2. The molecule has 2 aliphatic rings. The maximum Gasteiger partial charge on any atom is 0.356 e. The second-order valence-corrected chi connectivity index (χ2v) is 5.09. The van der Waals surface area contributed by atoms with E-state index in [0.717, 1.165) is 18.7 Å². The van der Waals surface area contributed by atoms with E-state index in [0.29, 0.717) is 6.61 Å². The molecule has 1 aliphatic carbocycles. The van der Waals surface area contributed by atoms with Crippen LogP contribution in [0.4, 0.5) is 0 Å². The van der Waals surface area contributed by atoms with Crippen LogP contribution in [-0.2, 0) is 9.53 Å². The van der Waals surface area contributed by atoms with Gasteiger partial charge in [-0.1, -0.05) is 12.8 Å². The molecule has 0 unspecified atom stereocenters. The molecule has 0 radical (unpaired) electrons. The maximum atomic E-state index is 11.6. The lowest BCUT2D eigenvalue weighted by atomic mass is 9.85. The highest BCUT2D eigenvalue weighted by Crippen LogP contribution is 2.48. The van der Waals surface area contributed by atoms with Crippen molar-refractivity contribution in [1.29, 1.82) is 0 Å². The summed E-state index contributed by atoms with van der Waals surface area (Å²) < 4.78 is 4.91. The minimum absolute atomic E-state index is 0.179. The van der Waals surface area contributed by atoms with Crippen LogP contribution < -0.4 is 11.6 Å². The first kappa shape index (κ1) is 12.2. The van der Waals surface area contributed by atoms with Crippen LogP contribution >= 0.6 is 0 Å². The van der Waals surface area contributed by atoms with Crippen molar-refractivity contribution in [1.82, 2.24) is 5.01 Å². The first-order valence-electron chi connectivity index (χ1n) is 6.26. The van der Waals surface area contributed by atoms with Crippen molar-refractivity contribution < 1.29 is 9.53 Å². The first-order valence-corrected chi connectivity index (χ1v) is 6.26. The van der Waals surface area contributed by atoms with Crippen molar-refractivity contribution in [3.8, 4) is 0 Å². The van der Waals surface area contributed by atoms with Crippen molar-refractivity contribution in [2.45, 2.75) is 39.0 Å². The minimum Gasteiger partial charge on any atom is -0.461 e. The number of allylic oxidation sites excluding steroid dienone is 1. The summed E-state index contributed by atoms with van der Waals surface area (Å²) in [5.74, 6) is 5.51. The molecule has 1 heterocycles. The third-order valence-corrected chi connectivity index (χ3v) is 3.87. The molecule has 5 heteroatoms. The summed E-state index contributed by atoms with van der Waals surface area (Å²) in [6.07, 6.45) is 5.68. The lowest BCUT2D eigenvalue weighted by molar-refractivity contribution is -0.138. The van der Waals surface area contributed by atoms with Gasteiger partial charge in [-0.05, 0) is 31.6 Å². The molecule has 0 aromatic heterocycles. The summed E-state index contributed by atoms with van der Waals surface area (Å²) in [6.45, 7) is 2.91. The molecule has 5 nitrogen and oxygen atoms in total. The van der Waals surface area contributed by atoms with Gasteiger partial charge in [0, 0.05) is 6.54 Å². The number of ether oxygens (including phenoxy) is 1. The number of hydrogen-bond acceptors (Lipinski definition) is 5. The molecule has 0 aromatic rings. The number of carbonyl (C=O) groups is 1. The molecule has 2 rings (SSSR count). The summed E-state index contributed by atoms with van der Waals surface area (Å²) >= 11 is 0. The zero-order valence-corrected chi connectivity index (χ0v) is 10.4. The number of esters is 1. The van der Waals surface area contributed by atoms with Gasteiger partial charge in [-0.15, -0.1) is 0 Å². The average Bonchev–Trinajstić information content (AvgIpc) is 2.86. The van der Waals surface area contributed by atoms with Crippen LogP contribution in [0, 0.1) is 5.41 Å². The van der Waals surface area contributed by atoms with Gasteiger partial charge < -0.3 is 15.5 Å². The van der Waals surface area contributed by atoms with Gasteiger partial charge in [0.05, 0.1) is 12.3 Å². The number of nitrogens with two attached hydrogens (primary N) is 2. The van der Waals surface area contributed by atoms with Crippen LogP contribution in [0.5, 0.6) is 0 Å². The third-order valence-electron chi connectivity index (χ3n) is 3.87. The van der Waals surface area contributed by atoms with E-state index < -0.39 is 5.97 Å². The smallest absolute Gasteiger partial charge is 0.356 e. The van der Waals surface area contributed by atoms with Crippen LogP contribution in [0.3, 0.4) is 0 Å². The highest BCUT2D eigenvalue weighted by molar-refractivity contribution is 5.88. The molecule has 0 bridgehead atoms. The van der Waals surface area contributed by atoms with E-state index in [9.17, 15) is 4.79 Å². The van der Waals surface area contributed by atoms with Crippen molar-refractivity contribution in [2.75, 3.05) is 13.2 Å². The molecule has 0 amide bonds. The van der Waals surface area contributed by atoms with Crippen LogP contribution in [0.25, 0.3) is 0 Å². The van der Waals surface area contributed by atoms with Crippen molar-refractivity contribution in [3.05, 3.63) is 11.4 Å². The second-order valence-electron chi connectivity index (χ2n) is 5.09. The Hall–Kier alpha value is -1.23. The van der Waals surface area contributed by atoms with Crippen LogP contribution in [0.1, 0.15) is 39.0 Å². The van der Waals surface area contributed by atoms with Crippen molar-refractivity contribution in [3.63, 3.8) is 0 Å². The lowest BCUT2D eigenvalue weighted by Crippen LogP contribution is -2.32. The van der Waals surface area contributed by atoms with Gasteiger partial charge in [-0.2, -0.15) is 0 Å². The Morgan fingerprint density at radius 1 is 1.47 bits per heavy atom. The second kappa shape index (κ2) is 4.56. The normalized spacial score (nSPS) is 25.4. The third kappa shape index (κ3) is 2.24. The number of hydrogen-bond donors (Lipinski definition) is 2. The molecule has 1 saturated carbocycles. The fourth-order valence-corrected chi connectivity index (χ4v) is 3.01. The standard InChI is InChI=1S/C12H21N3O2/c1-2-17-11(16)10(13)9-7-12(8-15(9)14)5-3-4-6-12/h2-8,13-14H2,1H3/b10-9-. The molecule has 4 N–H and O–H groups in total. The minimum atomic E-state index is -0.451. The molecular weight excluding hydrogens is 218 g/mol. The van der Waals surface area contributed by atoms with E-state index in [1.165, 1.54) is 25.7 Å². The van der Waals surface area contributed by atoms with E-state index in [2.05, 4.69) is 0 Å². The maximum absolute atomic E-state index is 11.6. The molecule has 2 fully saturated rings. The number of nitrogens with zero attached hydrogens (tertiary/aromatic N) is 1. The van der Waals surface area contributed by atoms with Crippen LogP contribution in [-0.4, -0.2) is 24.1 Å². The molecular formula is C12H21N3O2. The molecule has 0 atom stereocenters. The fourth-order valence-electron chi connectivity index (χ4n) is 3.01. The Bertz CT molecular complexity index is 346. The quantitative estimate of drug-likeness (QED) is 0.424. The summed E-state index contributed by atoms with van der Waals surface area (Å²) in [5.41, 5.74) is 7.02. The predicted octanol–water partition coefficient (Wildman–Crippen LogP) is 0.860. The molecule has 17 heavy (non-hydrogen) atoms. The van der Waals surface area contributed by atoms with Gasteiger partial charge in [0.2, 0.25) is 0 Å². The van der Waals surface area contributed by atoms with E-state index >= 15 is 0 Å². The Labute approximate surface area is 102 Å². The zero-order valence-electron chi connectivity index (χ0n) is 10.4. The van der Waals surface area contributed by atoms with Gasteiger partial charge in [0.1, 0.15) is 5.70 Å². The number of carbonyl (C=O) groups excluding carboxylic acids is 1. The van der Waals surface area contributed by atoms with Gasteiger partial charge in [-0.3, -0.25) is 0 Å². The van der Waals surface area contributed by atoms with Gasteiger partial charge in [0.15, 0.2) is 0 Å². The fraction of sp³-hybridized carbons (Fsp3) is 0.750. The number of hydrazine groups is 1. The van der Waals surface area contributed by atoms with Crippen molar-refractivity contribution in [2.24, 2.45) is 17.0 Å². The Balaban J connectivity index is 2.16. The van der Waals surface area contributed by atoms with E-state index in [-0.39, 0.29) is 11.1 Å². The molecule has 96 valence electrons. The predicted molar refractivity (Wildman–Crippen MR) is 64.3 cm³/mol. The van der Waals surface area contributed by atoms with E-state index in [1.54, 1.807) is 11.9 Å². The van der Waals surface area contributed by atoms with Crippen LogP contribution in [0.15, 0.2) is 11.4 Å². The zero-order chi connectivity index (χ0) is 12.5. The molecule has 1 spiro atoms. The largest absolute Gasteiger partial charge is 0.461 e. The molecule has 1 aliphatic heterocycles. The lowest BCUT2D eigenvalue weighted by Gasteiger charge is -2.20. The van der Waals surface area contributed by atoms with Gasteiger partial charge in [0.25, 0.3) is 0 Å². The monoisotopic (exact) mass is 239 g/mol. The summed E-state index contributed by atoms with van der Waals surface area (Å²) in [5, 5.41) is 1.64. The highest BCUT2D eigenvalue weighted by atomic mass is 16.5. The topological polar surface area (TPSA) is 81.6 Å². The summed E-state index contributed by atoms with van der Waals surface area (Å²) in [7, 11) is 0. The van der Waals surface area contributed by atoms with E-state index in [1.807, 2.05) is 0 Å². The summed E-state index contributed by atoms with van der Waals surface area (Å²) in [6, 6.07) is 0. The molecule has 1 saturated heterocycles. The van der Waals surface area contributed by atoms with Gasteiger partial charge in [-0.25, -0.2) is 10.6 Å². The average molecular weight is 239 g/mol. The van der Waals surface area contributed by atoms with Crippen LogP contribution in [0.2, 0.25) is 0 Å². The Morgan fingerprint density at radius 2 is 2.12 bits per heavy atom. The van der Waals surface area contributed by atoms with E-state index in [4.69, 9.17) is 16.3 Å². The first-order chi connectivity index (χ1) is 8.08. The SMILES string of the molecule is CCOC(=O)/C(N)=C1\CC2(CCCC2)CN1N.